The maximum atomic E-state index is 11.6. The van der Waals surface area contributed by atoms with Crippen molar-refractivity contribution in [1.29, 1.82) is 0 Å². The topological polar surface area (TPSA) is 95.3 Å². The summed E-state index contributed by atoms with van der Waals surface area (Å²) in [5.41, 5.74) is 0.532. The van der Waals surface area contributed by atoms with Crippen LogP contribution >= 0.6 is 0 Å². The van der Waals surface area contributed by atoms with E-state index in [9.17, 15) is 9.59 Å². The minimum absolute atomic E-state index is 0.330. The number of benzene rings is 1. The molecule has 112 valence electrons. The number of amides is 1. The van der Waals surface area contributed by atoms with E-state index in [0.717, 1.165) is 4.85 Å². The van der Waals surface area contributed by atoms with E-state index in [0.29, 0.717) is 11.0 Å². The van der Waals surface area contributed by atoms with Gasteiger partial charge in [-0.25, -0.2) is 9.59 Å². The maximum absolute atomic E-state index is 11.6. The Bertz CT molecular complexity index is 659. The number of carbonyl (C=O) groups excluding carboxylic acids is 2. The lowest BCUT2D eigenvalue weighted by Crippen LogP contribution is -2.38. The van der Waals surface area contributed by atoms with Crippen LogP contribution in [0.2, 0.25) is 0 Å². The highest BCUT2D eigenvalue weighted by atomic mass is 16.7. The second-order valence-electron chi connectivity index (χ2n) is 5.27. The van der Waals surface area contributed by atoms with Gasteiger partial charge in [0.05, 0.1) is 0 Å². The summed E-state index contributed by atoms with van der Waals surface area (Å²) < 4.78 is 5.00. The zero-order chi connectivity index (χ0) is 15.5. The summed E-state index contributed by atoms with van der Waals surface area (Å²) in [6.07, 6.45) is -0.692. The molecule has 8 heteroatoms. The van der Waals surface area contributed by atoms with E-state index < -0.39 is 17.7 Å². The Labute approximate surface area is 121 Å². The molecule has 2 aromatic rings. The SMILES string of the molecule is CC(C)(C)OC(=O)NCC(=O)On1nnc2ccccc21. The fourth-order valence-corrected chi connectivity index (χ4v) is 1.50. The Kier molecular flexibility index (Phi) is 4.06. The highest BCUT2D eigenvalue weighted by Crippen LogP contribution is 2.08. The van der Waals surface area contributed by atoms with Crippen LogP contribution in [0, 0.1) is 0 Å². The number of hydrogen-bond donors (Lipinski definition) is 1. The molecule has 0 saturated heterocycles. The molecule has 0 bridgehead atoms. The van der Waals surface area contributed by atoms with Crippen molar-refractivity contribution in [2.45, 2.75) is 26.4 Å². The largest absolute Gasteiger partial charge is 0.444 e. The molecule has 0 atom stereocenters. The summed E-state index contributed by atoms with van der Waals surface area (Å²) in [5.74, 6) is -0.684. The lowest BCUT2D eigenvalue weighted by Gasteiger charge is -2.19. The van der Waals surface area contributed by atoms with Crippen molar-refractivity contribution >= 4 is 23.1 Å². The third-order valence-corrected chi connectivity index (χ3v) is 2.29. The summed E-state index contributed by atoms with van der Waals surface area (Å²) in [7, 11) is 0. The molecule has 1 heterocycles. The summed E-state index contributed by atoms with van der Waals surface area (Å²) in [6, 6.07) is 7.03. The number of para-hydroxylation sites is 1. The molecule has 0 spiro atoms. The lowest BCUT2D eigenvalue weighted by atomic mass is 10.2. The van der Waals surface area contributed by atoms with Crippen LogP contribution in [-0.4, -0.2) is 39.4 Å². The van der Waals surface area contributed by atoms with Gasteiger partial charge in [-0.15, -0.1) is 5.10 Å². The quantitative estimate of drug-likeness (QED) is 0.845. The molecule has 0 aliphatic carbocycles. The van der Waals surface area contributed by atoms with Crippen LogP contribution in [0.4, 0.5) is 4.79 Å². The van der Waals surface area contributed by atoms with Crippen LogP contribution in [-0.2, 0) is 9.53 Å². The van der Waals surface area contributed by atoms with Gasteiger partial charge >= 0.3 is 12.1 Å². The predicted octanol–water partition coefficient (Wildman–Crippen LogP) is 0.911. The van der Waals surface area contributed by atoms with Crippen molar-refractivity contribution in [3.63, 3.8) is 0 Å². The van der Waals surface area contributed by atoms with Crippen LogP contribution < -0.4 is 10.2 Å². The summed E-state index contributed by atoms with van der Waals surface area (Å²) in [4.78, 5) is 29.0. The maximum Gasteiger partial charge on any atom is 0.408 e. The summed E-state index contributed by atoms with van der Waals surface area (Å²) in [6.45, 7) is 4.86. The van der Waals surface area contributed by atoms with Crippen LogP contribution in [0.3, 0.4) is 0 Å². The molecule has 0 aliphatic rings. The molecule has 8 nitrogen and oxygen atoms in total. The first-order chi connectivity index (χ1) is 9.85. The van der Waals surface area contributed by atoms with Gasteiger partial charge in [0.25, 0.3) is 0 Å². The van der Waals surface area contributed by atoms with Gasteiger partial charge in [0.1, 0.15) is 23.2 Å². The molecular formula is C13H16N4O4. The Balaban J connectivity index is 1.89. The Morgan fingerprint density at radius 2 is 2.00 bits per heavy atom. The second kappa shape index (κ2) is 5.78. The van der Waals surface area contributed by atoms with Crippen molar-refractivity contribution in [3.05, 3.63) is 24.3 Å². The smallest absolute Gasteiger partial charge is 0.408 e. The van der Waals surface area contributed by atoms with Gasteiger partial charge < -0.3 is 14.9 Å². The van der Waals surface area contributed by atoms with E-state index in [1.54, 1.807) is 45.0 Å². The Morgan fingerprint density at radius 3 is 2.71 bits per heavy atom. The number of hydrogen-bond acceptors (Lipinski definition) is 6. The van der Waals surface area contributed by atoms with E-state index in [2.05, 4.69) is 15.6 Å². The van der Waals surface area contributed by atoms with Crippen molar-refractivity contribution in [1.82, 2.24) is 20.5 Å². The number of aromatic nitrogens is 3. The van der Waals surface area contributed by atoms with Gasteiger partial charge in [-0.3, -0.25) is 0 Å². The van der Waals surface area contributed by atoms with E-state index >= 15 is 0 Å². The molecule has 1 aromatic carbocycles. The molecule has 0 radical (unpaired) electrons. The monoisotopic (exact) mass is 292 g/mol. The molecular weight excluding hydrogens is 276 g/mol. The van der Waals surface area contributed by atoms with E-state index in [1.165, 1.54) is 0 Å². The number of nitrogens with one attached hydrogen (secondary N) is 1. The average molecular weight is 292 g/mol. The number of nitrogens with zero attached hydrogens (tertiary/aromatic N) is 3. The molecule has 1 aromatic heterocycles. The Morgan fingerprint density at radius 1 is 1.29 bits per heavy atom. The van der Waals surface area contributed by atoms with Gasteiger partial charge in [0.2, 0.25) is 0 Å². The molecule has 2 rings (SSSR count). The van der Waals surface area contributed by atoms with Gasteiger partial charge in [-0.2, -0.15) is 0 Å². The molecule has 1 N–H and O–H groups in total. The van der Waals surface area contributed by atoms with Crippen molar-refractivity contribution < 1.29 is 19.2 Å². The summed E-state index contributed by atoms with van der Waals surface area (Å²) >= 11 is 0. The number of ether oxygens (including phenoxy) is 1. The minimum Gasteiger partial charge on any atom is -0.444 e. The zero-order valence-electron chi connectivity index (χ0n) is 12.0. The Hall–Kier alpha value is -2.64. The van der Waals surface area contributed by atoms with Crippen LogP contribution in [0.5, 0.6) is 0 Å². The van der Waals surface area contributed by atoms with E-state index in [4.69, 9.17) is 9.57 Å². The normalized spacial score (nSPS) is 11.2. The number of fused-ring (bicyclic) bond motifs is 1. The fraction of sp³-hybridized carbons (Fsp3) is 0.385. The van der Waals surface area contributed by atoms with Crippen molar-refractivity contribution in [3.8, 4) is 0 Å². The third-order valence-electron chi connectivity index (χ3n) is 2.29. The number of carbonyl (C=O) groups is 2. The van der Waals surface area contributed by atoms with Crippen LogP contribution in [0.25, 0.3) is 11.0 Å². The highest BCUT2D eigenvalue weighted by Gasteiger charge is 2.17. The molecule has 0 aliphatic heterocycles. The standard InChI is InChI=1S/C13H16N4O4/c1-13(2,3)20-12(19)14-8-11(18)21-17-10-7-5-4-6-9(10)15-16-17/h4-7H,8H2,1-3H3,(H,14,19). The van der Waals surface area contributed by atoms with Gasteiger partial charge in [-0.1, -0.05) is 17.0 Å². The van der Waals surface area contributed by atoms with Gasteiger partial charge in [0, 0.05) is 0 Å². The van der Waals surface area contributed by atoms with Crippen molar-refractivity contribution in [2.75, 3.05) is 6.54 Å². The fourth-order valence-electron chi connectivity index (χ4n) is 1.50. The average Bonchev–Trinajstić information content (AvgIpc) is 2.78. The molecule has 1 amide bonds. The van der Waals surface area contributed by atoms with Gasteiger partial charge in [0.15, 0.2) is 0 Å². The van der Waals surface area contributed by atoms with Gasteiger partial charge in [-0.05, 0) is 38.1 Å². The van der Waals surface area contributed by atoms with Crippen LogP contribution in [0.1, 0.15) is 20.8 Å². The molecule has 0 unspecified atom stereocenters. The van der Waals surface area contributed by atoms with E-state index in [-0.39, 0.29) is 6.54 Å². The number of alkyl carbamates (subject to hydrolysis) is 1. The van der Waals surface area contributed by atoms with Crippen LogP contribution in [0.15, 0.2) is 24.3 Å². The second-order valence-corrected chi connectivity index (χ2v) is 5.27. The third kappa shape index (κ3) is 4.16. The molecule has 21 heavy (non-hydrogen) atoms. The molecule has 0 saturated carbocycles. The highest BCUT2D eigenvalue weighted by molar-refractivity contribution is 5.79. The first-order valence-electron chi connectivity index (χ1n) is 6.33. The number of rotatable bonds is 3. The lowest BCUT2D eigenvalue weighted by molar-refractivity contribution is -0.144. The van der Waals surface area contributed by atoms with E-state index in [1.807, 2.05) is 0 Å². The summed E-state index contributed by atoms with van der Waals surface area (Å²) in [5, 5.41) is 9.84. The molecule has 0 fully saturated rings. The minimum atomic E-state index is -0.692. The first kappa shape index (κ1) is 14.8. The van der Waals surface area contributed by atoms with Crippen molar-refractivity contribution in [2.24, 2.45) is 0 Å². The first-order valence-corrected chi connectivity index (χ1v) is 6.33. The predicted molar refractivity (Wildman–Crippen MR) is 73.4 cm³/mol. The zero-order valence-corrected chi connectivity index (χ0v) is 12.0.